The van der Waals surface area contributed by atoms with Crippen molar-refractivity contribution >= 4 is 29.3 Å². The quantitative estimate of drug-likeness (QED) is 0.828. The number of nitrogens with one attached hydrogen (secondary N) is 1. The van der Waals surface area contributed by atoms with Gasteiger partial charge < -0.3 is 5.32 Å². The van der Waals surface area contributed by atoms with Gasteiger partial charge in [-0.05, 0) is 30.9 Å². The van der Waals surface area contributed by atoms with Gasteiger partial charge in [0, 0.05) is 12.6 Å². The van der Waals surface area contributed by atoms with Crippen molar-refractivity contribution in [3.8, 4) is 0 Å². The van der Waals surface area contributed by atoms with Crippen LogP contribution in [0, 0.1) is 0 Å². The summed E-state index contributed by atoms with van der Waals surface area (Å²) in [6, 6.07) is 6.48. The molecule has 1 N–H and O–H groups in total. The SMILES string of the molecule is CCC(=Cc1cccc(Cl)c1Cl)CNC1CC1. The number of hydrogen-bond acceptors (Lipinski definition) is 1. The van der Waals surface area contributed by atoms with E-state index in [1.165, 1.54) is 18.4 Å². The smallest absolute Gasteiger partial charge is 0.0664 e. The summed E-state index contributed by atoms with van der Waals surface area (Å²) < 4.78 is 0. The Labute approximate surface area is 113 Å². The third-order valence-corrected chi connectivity index (χ3v) is 3.82. The number of hydrogen-bond donors (Lipinski definition) is 1. The molecular formula is C14H17Cl2N. The van der Waals surface area contributed by atoms with Crippen molar-refractivity contribution in [3.63, 3.8) is 0 Å². The second-order valence-electron chi connectivity index (χ2n) is 4.45. The lowest BCUT2D eigenvalue weighted by Gasteiger charge is -2.07. The van der Waals surface area contributed by atoms with Crippen LogP contribution in [-0.2, 0) is 0 Å². The maximum Gasteiger partial charge on any atom is 0.0664 e. The molecule has 0 aromatic heterocycles. The Hall–Kier alpha value is -0.500. The van der Waals surface area contributed by atoms with Gasteiger partial charge in [-0.2, -0.15) is 0 Å². The number of rotatable bonds is 5. The Kier molecular flexibility index (Phi) is 4.49. The summed E-state index contributed by atoms with van der Waals surface area (Å²) in [6.45, 7) is 3.11. The second kappa shape index (κ2) is 5.90. The average Bonchev–Trinajstić information content (AvgIpc) is 3.13. The Morgan fingerprint density at radius 3 is 2.82 bits per heavy atom. The van der Waals surface area contributed by atoms with Crippen LogP contribution in [0.1, 0.15) is 31.7 Å². The van der Waals surface area contributed by atoms with Gasteiger partial charge in [-0.15, -0.1) is 0 Å². The molecule has 1 aromatic carbocycles. The molecule has 0 radical (unpaired) electrons. The molecule has 0 unspecified atom stereocenters. The maximum atomic E-state index is 6.17. The fourth-order valence-electron chi connectivity index (χ4n) is 1.69. The lowest BCUT2D eigenvalue weighted by molar-refractivity contribution is 0.723. The molecule has 0 bridgehead atoms. The van der Waals surface area contributed by atoms with Gasteiger partial charge in [-0.25, -0.2) is 0 Å². The fraction of sp³-hybridized carbons (Fsp3) is 0.429. The molecule has 0 atom stereocenters. The molecule has 0 heterocycles. The summed E-state index contributed by atoms with van der Waals surface area (Å²) in [6.07, 6.45) is 5.80. The van der Waals surface area contributed by atoms with E-state index in [9.17, 15) is 0 Å². The topological polar surface area (TPSA) is 12.0 Å². The zero-order valence-corrected chi connectivity index (χ0v) is 11.5. The Balaban J connectivity index is 2.10. The molecular weight excluding hydrogens is 253 g/mol. The Morgan fingerprint density at radius 1 is 1.41 bits per heavy atom. The Bertz CT molecular complexity index is 422. The van der Waals surface area contributed by atoms with Crippen molar-refractivity contribution < 1.29 is 0 Å². The Morgan fingerprint density at radius 2 is 2.18 bits per heavy atom. The molecule has 3 heteroatoms. The van der Waals surface area contributed by atoms with E-state index in [2.05, 4.69) is 18.3 Å². The summed E-state index contributed by atoms with van der Waals surface area (Å²) in [5.74, 6) is 0. The number of halogens is 2. The standard InChI is InChI=1S/C14H17Cl2N/c1-2-10(9-17-12-6-7-12)8-11-4-3-5-13(15)14(11)16/h3-5,8,12,17H,2,6-7,9H2,1H3. The van der Waals surface area contributed by atoms with Crippen molar-refractivity contribution in [1.82, 2.24) is 5.32 Å². The first-order chi connectivity index (χ1) is 8.20. The second-order valence-corrected chi connectivity index (χ2v) is 5.24. The predicted octanol–water partition coefficient (Wildman–Crippen LogP) is 4.54. The molecule has 1 aliphatic carbocycles. The summed E-state index contributed by atoms with van der Waals surface area (Å²) in [5, 5.41) is 4.78. The fourth-order valence-corrected chi connectivity index (χ4v) is 2.06. The van der Waals surface area contributed by atoms with Crippen molar-refractivity contribution in [3.05, 3.63) is 39.4 Å². The third kappa shape index (κ3) is 3.74. The molecule has 1 aromatic rings. The highest BCUT2D eigenvalue weighted by Gasteiger charge is 2.20. The zero-order valence-electron chi connectivity index (χ0n) is 9.97. The molecule has 0 amide bonds. The lowest BCUT2D eigenvalue weighted by atomic mass is 10.1. The highest BCUT2D eigenvalue weighted by atomic mass is 35.5. The highest BCUT2D eigenvalue weighted by Crippen LogP contribution is 2.27. The minimum Gasteiger partial charge on any atom is -0.310 e. The van der Waals surface area contributed by atoms with E-state index in [0.717, 1.165) is 24.6 Å². The van der Waals surface area contributed by atoms with Crippen LogP contribution in [0.2, 0.25) is 10.0 Å². The minimum absolute atomic E-state index is 0.617. The molecule has 0 saturated heterocycles. The van der Waals surface area contributed by atoms with Crippen molar-refractivity contribution in [1.29, 1.82) is 0 Å². The van der Waals surface area contributed by atoms with Gasteiger partial charge in [-0.3, -0.25) is 0 Å². The average molecular weight is 270 g/mol. The first-order valence-electron chi connectivity index (χ1n) is 6.07. The van der Waals surface area contributed by atoms with Crippen LogP contribution in [0.25, 0.3) is 6.08 Å². The van der Waals surface area contributed by atoms with Gasteiger partial charge in [0.05, 0.1) is 10.0 Å². The van der Waals surface area contributed by atoms with Crippen LogP contribution in [0.4, 0.5) is 0 Å². The van der Waals surface area contributed by atoms with E-state index in [0.29, 0.717) is 10.0 Å². The normalized spacial score (nSPS) is 16.3. The molecule has 2 rings (SSSR count). The van der Waals surface area contributed by atoms with Crippen LogP contribution in [0.5, 0.6) is 0 Å². The van der Waals surface area contributed by atoms with E-state index >= 15 is 0 Å². The summed E-state index contributed by atoms with van der Waals surface area (Å²) in [5.41, 5.74) is 2.37. The largest absolute Gasteiger partial charge is 0.310 e. The van der Waals surface area contributed by atoms with Crippen molar-refractivity contribution in [2.24, 2.45) is 0 Å². The van der Waals surface area contributed by atoms with Crippen molar-refractivity contribution in [2.45, 2.75) is 32.2 Å². The maximum absolute atomic E-state index is 6.17. The molecule has 0 aliphatic heterocycles. The summed E-state index contributed by atoms with van der Waals surface area (Å²) >= 11 is 12.2. The van der Waals surface area contributed by atoms with Gasteiger partial charge in [0.15, 0.2) is 0 Å². The molecule has 1 saturated carbocycles. The van der Waals surface area contributed by atoms with Gasteiger partial charge >= 0.3 is 0 Å². The van der Waals surface area contributed by atoms with Crippen LogP contribution >= 0.6 is 23.2 Å². The van der Waals surface area contributed by atoms with Crippen LogP contribution in [-0.4, -0.2) is 12.6 Å². The molecule has 92 valence electrons. The first-order valence-corrected chi connectivity index (χ1v) is 6.83. The van der Waals surface area contributed by atoms with E-state index in [-0.39, 0.29) is 0 Å². The predicted molar refractivity (Wildman–Crippen MR) is 75.8 cm³/mol. The third-order valence-electron chi connectivity index (χ3n) is 2.99. The monoisotopic (exact) mass is 269 g/mol. The van der Waals surface area contributed by atoms with Crippen LogP contribution in [0.3, 0.4) is 0 Å². The molecule has 0 spiro atoms. The zero-order chi connectivity index (χ0) is 12.3. The van der Waals surface area contributed by atoms with Gasteiger partial charge in [-0.1, -0.05) is 53.9 Å². The molecule has 1 nitrogen and oxygen atoms in total. The van der Waals surface area contributed by atoms with Gasteiger partial charge in [0.25, 0.3) is 0 Å². The molecule has 17 heavy (non-hydrogen) atoms. The van der Waals surface area contributed by atoms with E-state index in [1.807, 2.05) is 18.2 Å². The van der Waals surface area contributed by atoms with Crippen LogP contribution in [0.15, 0.2) is 23.8 Å². The minimum atomic E-state index is 0.617. The summed E-state index contributed by atoms with van der Waals surface area (Å²) in [4.78, 5) is 0. The molecule has 1 aliphatic rings. The van der Waals surface area contributed by atoms with Gasteiger partial charge in [0.1, 0.15) is 0 Å². The highest BCUT2D eigenvalue weighted by molar-refractivity contribution is 6.42. The van der Waals surface area contributed by atoms with Crippen LogP contribution < -0.4 is 5.32 Å². The van der Waals surface area contributed by atoms with E-state index < -0.39 is 0 Å². The van der Waals surface area contributed by atoms with E-state index in [1.54, 1.807) is 0 Å². The van der Waals surface area contributed by atoms with E-state index in [4.69, 9.17) is 23.2 Å². The first kappa shape index (κ1) is 12.9. The van der Waals surface area contributed by atoms with Gasteiger partial charge in [0.2, 0.25) is 0 Å². The number of benzene rings is 1. The lowest BCUT2D eigenvalue weighted by Crippen LogP contribution is -2.18. The van der Waals surface area contributed by atoms with Crippen molar-refractivity contribution in [2.75, 3.05) is 6.54 Å². The summed E-state index contributed by atoms with van der Waals surface area (Å²) in [7, 11) is 0. The molecule has 1 fully saturated rings.